The summed E-state index contributed by atoms with van der Waals surface area (Å²) >= 11 is 0. The van der Waals surface area contributed by atoms with Gasteiger partial charge in [0.05, 0.1) is 29.2 Å². The summed E-state index contributed by atoms with van der Waals surface area (Å²) in [5, 5.41) is 12.2. The Bertz CT molecular complexity index is 1350. The molecule has 1 fully saturated rings. The van der Waals surface area contributed by atoms with Crippen LogP contribution in [-0.4, -0.2) is 48.8 Å². The van der Waals surface area contributed by atoms with Gasteiger partial charge in [0.2, 0.25) is 11.7 Å². The molecule has 4 aromatic rings. The van der Waals surface area contributed by atoms with Crippen LogP contribution in [0, 0.1) is 6.92 Å². The number of nitrogens with zero attached hydrogens (tertiary/aromatic N) is 6. The Morgan fingerprint density at radius 3 is 2.66 bits per heavy atom. The molecule has 0 bridgehead atoms. The molecule has 2 aromatic heterocycles. The number of para-hydroxylation sites is 1. The standard InChI is InChI=1S/C23H19F3N6O3/c1-14-6-4-8-16(32-27-11-12-28-32)19(14)22(33)31-13-5-9-17(31)21-29-20(30-35-21)15-7-2-3-10-18(15)34-23(24,25)26/h2-4,6-8,10-12,17H,5,9,13H2,1H3. The molecule has 0 radical (unpaired) electrons. The van der Waals surface area contributed by atoms with Crippen molar-refractivity contribution in [3.05, 3.63) is 71.9 Å². The second-order valence-electron chi connectivity index (χ2n) is 7.94. The number of halogens is 3. The van der Waals surface area contributed by atoms with Crippen LogP contribution in [0.25, 0.3) is 17.1 Å². The Morgan fingerprint density at radius 2 is 1.89 bits per heavy atom. The molecule has 0 aliphatic carbocycles. The zero-order chi connectivity index (χ0) is 24.6. The van der Waals surface area contributed by atoms with Crippen LogP contribution >= 0.6 is 0 Å². The van der Waals surface area contributed by atoms with Gasteiger partial charge < -0.3 is 14.2 Å². The molecule has 0 N–H and O–H groups in total. The highest BCUT2D eigenvalue weighted by Gasteiger charge is 2.37. The maximum Gasteiger partial charge on any atom is 0.573 e. The molecule has 1 unspecified atom stereocenters. The van der Waals surface area contributed by atoms with Crippen LogP contribution in [0.15, 0.2) is 59.4 Å². The second-order valence-corrected chi connectivity index (χ2v) is 7.94. The fourth-order valence-electron chi connectivity index (χ4n) is 4.19. The lowest BCUT2D eigenvalue weighted by Crippen LogP contribution is -2.32. The number of rotatable bonds is 5. The summed E-state index contributed by atoms with van der Waals surface area (Å²) in [4.78, 5) is 21.0. The van der Waals surface area contributed by atoms with Gasteiger partial charge in [-0.15, -0.1) is 13.2 Å². The van der Waals surface area contributed by atoms with Gasteiger partial charge in [-0.25, -0.2) is 0 Å². The first-order valence-electron chi connectivity index (χ1n) is 10.8. The Hall–Kier alpha value is -4.22. The number of amides is 1. The number of aromatic nitrogens is 5. The van der Waals surface area contributed by atoms with E-state index in [0.29, 0.717) is 30.6 Å². The summed E-state index contributed by atoms with van der Waals surface area (Å²) in [5.74, 6) is -0.613. The zero-order valence-corrected chi connectivity index (χ0v) is 18.4. The van der Waals surface area contributed by atoms with Gasteiger partial charge in [-0.3, -0.25) is 4.79 Å². The lowest BCUT2D eigenvalue weighted by Gasteiger charge is -2.24. The van der Waals surface area contributed by atoms with Gasteiger partial charge in [0.25, 0.3) is 5.91 Å². The van der Waals surface area contributed by atoms with Gasteiger partial charge in [-0.2, -0.15) is 20.0 Å². The average molecular weight is 484 g/mol. The number of carbonyl (C=O) groups excluding carboxylic acids is 1. The molecular formula is C23H19F3N6O3. The number of alkyl halides is 3. The van der Waals surface area contributed by atoms with E-state index in [4.69, 9.17) is 4.52 Å². The maximum atomic E-state index is 13.7. The molecule has 35 heavy (non-hydrogen) atoms. The van der Waals surface area contributed by atoms with E-state index in [1.165, 1.54) is 35.4 Å². The van der Waals surface area contributed by atoms with E-state index in [0.717, 1.165) is 5.56 Å². The summed E-state index contributed by atoms with van der Waals surface area (Å²) in [6, 6.07) is 10.4. The van der Waals surface area contributed by atoms with E-state index in [1.54, 1.807) is 17.0 Å². The van der Waals surface area contributed by atoms with Crippen molar-refractivity contribution >= 4 is 5.91 Å². The summed E-state index contributed by atoms with van der Waals surface area (Å²) in [6.07, 6.45) is -0.560. The fourth-order valence-corrected chi connectivity index (χ4v) is 4.19. The largest absolute Gasteiger partial charge is 0.573 e. The minimum absolute atomic E-state index is 0.0293. The molecule has 1 amide bonds. The Kier molecular flexibility index (Phi) is 5.71. The molecule has 1 atom stereocenters. The van der Waals surface area contributed by atoms with E-state index < -0.39 is 18.2 Å². The number of hydrogen-bond acceptors (Lipinski definition) is 7. The SMILES string of the molecule is Cc1cccc(-n2nccn2)c1C(=O)N1CCCC1c1nc(-c2ccccc2OC(F)(F)F)no1. The number of aryl methyl sites for hydroxylation is 1. The highest BCUT2D eigenvalue weighted by molar-refractivity contribution is 5.99. The first kappa shape index (κ1) is 22.6. The van der Waals surface area contributed by atoms with Crippen LogP contribution < -0.4 is 4.74 Å². The predicted molar refractivity (Wildman–Crippen MR) is 116 cm³/mol. The topological polar surface area (TPSA) is 99.2 Å². The average Bonchev–Trinajstić information content (AvgIpc) is 3.59. The summed E-state index contributed by atoms with van der Waals surface area (Å²) in [7, 11) is 0. The molecule has 5 rings (SSSR count). The number of ether oxygens (including phenoxy) is 1. The van der Waals surface area contributed by atoms with Crippen LogP contribution in [0.3, 0.4) is 0 Å². The van der Waals surface area contributed by atoms with Crippen LogP contribution in [0.2, 0.25) is 0 Å². The minimum Gasteiger partial charge on any atom is -0.405 e. The van der Waals surface area contributed by atoms with Gasteiger partial charge in [0.15, 0.2) is 0 Å². The molecule has 1 aliphatic rings. The first-order valence-corrected chi connectivity index (χ1v) is 10.8. The molecule has 1 aliphatic heterocycles. The van der Waals surface area contributed by atoms with E-state index in [-0.39, 0.29) is 23.2 Å². The fraction of sp³-hybridized carbons (Fsp3) is 0.261. The Balaban J connectivity index is 1.46. The van der Waals surface area contributed by atoms with Crippen molar-refractivity contribution in [1.29, 1.82) is 0 Å². The normalized spacial score (nSPS) is 16.0. The molecule has 3 heterocycles. The number of benzene rings is 2. The zero-order valence-electron chi connectivity index (χ0n) is 18.4. The lowest BCUT2D eigenvalue weighted by molar-refractivity contribution is -0.274. The van der Waals surface area contributed by atoms with Crippen molar-refractivity contribution in [2.75, 3.05) is 6.54 Å². The molecule has 180 valence electrons. The van der Waals surface area contributed by atoms with Crippen molar-refractivity contribution in [3.63, 3.8) is 0 Å². The highest BCUT2D eigenvalue weighted by atomic mass is 19.4. The van der Waals surface area contributed by atoms with Crippen LogP contribution in [0.4, 0.5) is 13.2 Å². The van der Waals surface area contributed by atoms with E-state index in [9.17, 15) is 18.0 Å². The maximum absolute atomic E-state index is 13.7. The van der Waals surface area contributed by atoms with Crippen LogP contribution in [0.1, 0.15) is 40.7 Å². The number of carbonyl (C=O) groups is 1. The van der Waals surface area contributed by atoms with Crippen molar-refractivity contribution in [1.82, 2.24) is 30.0 Å². The van der Waals surface area contributed by atoms with E-state index >= 15 is 0 Å². The third-order valence-corrected chi connectivity index (χ3v) is 5.69. The smallest absolute Gasteiger partial charge is 0.405 e. The highest BCUT2D eigenvalue weighted by Crippen LogP contribution is 2.37. The van der Waals surface area contributed by atoms with Crippen molar-refractivity contribution in [2.24, 2.45) is 0 Å². The van der Waals surface area contributed by atoms with Crippen molar-refractivity contribution in [2.45, 2.75) is 32.2 Å². The Morgan fingerprint density at radius 1 is 1.11 bits per heavy atom. The lowest BCUT2D eigenvalue weighted by atomic mass is 10.0. The summed E-state index contributed by atoms with van der Waals surface area (Å²) < 4.78 is 48.0. The Labute approximate surface area is 197 Å². The second kappa shape index (κ2) is 8.85. The molecule has 2 aromatic carbocycles. The minimum atomic E-state index is -4.87. The first-order chi connectivity index (χ1) is 16.8. The van der Waals surface area contributed by atoms with Crippen molar-refractivity contribution in [3.8, 4) is 22.8 Å². The third-order valence-electron chi connectivity index (χ3n) is 5.69. The molecule has 9 nitrogen and oxygen atoms in total. The molecule has 12 heteroatoms. The monoisotopic (exact) mass is 484 g/mol. The summed E-state index contributed by atoms with van der Waals surface area (Å²) in [6.45, 7) is 2.28. The number of hydrogen-bond donors (Lipinski definition) is 0. The van der Waals surface area contributed by atoms with Gasteiger partial charge >= 0.3 is 6.36 Å². The van der Waals surface area contributed by atoms with Crippen LogP contribution in [-0.2, 0) is 0 Å². The van der Waals surface area contributed by atoms with Gasteiger partial charge in [0.1, 0.15) is 11.8 Å². The quantitative estimate of drug-likeness (QED) is 0.411. The van der Waals surface area contributed by atoms with Gasteiger partial charge in [-0.1, -0.05) is 29.4 Å². The third kappa shape index (κ3) is 4.46. The van der Waals surface area contributed by atoms with E-state index in [2.05, 4.69) is 25.1 Å². The molecular weight excluding hydrogens is 465 g/mol. The molecule has 0 spiro atoms. The van der Waals surface area contributed by atoms with Crippen molar-refractivity contribution < 1.29 is 27.2 Å². The number of likely N-dealkylation sites (tertiary alicyclic amines) is 1. The van der Waals surface area contributed by atoms with E-state index in [1.807, 2.05) is 19.1 Å². The molecule has 1 saturated heterocycles. The van der Waals surface area contributed by atoms with Crippen LogP contribution in [0.5, 0.6) is 5.75 Å². The van der Waals surface area contributed by atoms with Gasteiger partial charge in [-0.05, 0) is 43.5 Å². The summed E-state index contributed by atoms with van der Waals surface area (Å²) in [5.41, 5.74) is 1.76. The molecule has 0 saturated carbocycles. The van der Waals surface area contributed by atoms with Gasteiger partial charge in [0, 0.05) is 6.54 Å². The predicted octanol–water partition coefficient (Wildman–Crippen LogP) is 4.50.